The van der Waals surface area contributed by atoms with E-state index in [-0.39, 0.29) is 16.7 Å². The molecule has 0 saturated heterocycles. The molecule has 1 N–H and O–H groups in total. The zero-order chi connectivity index (χ0) is 29.4. The fourth-order valence-corrected chi connectivity index (χ4v) is 10.6. The molecule has 5 rings (SSSR count). The highest BCUT2D eigenvalue weighted by atomic mass is 32.2. The van der Waals surface area contributed by atoms with Gasteiger partial charge in [0, 0.05) is 10.6 Å². The number of hydrogen-bond acceptors (Lipinski definition) is 3. The summed E-state index contributed by atoms with van der Waals surface area (Å²) in [5.41, 5.74) is 5.06. The summed E-state index contributed by atoms with van der Waals surface area (Å²) in [5.74, 6) is 2.84. The molecule has 3 nitrogen and oxygen atoms in total. The van der Waals surface area contributed by atoms with Crippen molar-refractivity contribution >= 4 is 21.9 Å². The highest BCUT2D eigenvalue weighted by Gasteiger charge is 2.31. The third kappa shape index (κ3) is 8.57. The number of rotatable bonds is 10. The molecule has 4 fully saturated rings. The fourth-order valence-electron chi connectivity index (χ4n) is 8.67. The van der Waals surface area contributed by atoms with Gasteiger partial charge in [0.25, 0.3) is 10.1 Å². The molecule has 42 heavy (non-hydrogen) atoms. The van der Waals surface area contributed by atoms with Crippen LogP contribution in [0.5, 0.6) is 0 Å². The maximum Gasteiger partial charge on any atom is 0.295 e. The van der Waals surface area contributed by atoms with Crippen molar-refractivity contribution in [1.29, 1.82) is 0 Å². The third-order valence-corrected chi connectivity index (χ3v) is 12.9. The van der Waals surface area contributed by atoms with E-state index in [2.05, 4.69) is 31.2 Å². The fraction of sp³-hybridized carbons (Fsp3) is 0.730. The first-order valence-corrected chi connectivity index (χ1v) is 20.0. The largest absolute Gasteiger partial charge is 0.295 e. The zero-order valence-corrected chi connectivity index (χ0v) is 27.9. The summed E-state index contributed by atoms with van der Waals surface area (Å²) in [7, 11) is -4.28. The Kier molecular flexibility index (Phi) is 12.2. The summed E-state index contributed by atoms with van der Waals surface area (Å²) in [6.45, 7) is 2.35. The Hall–Kier alpha value is -1.04. The summed E-state index contributed by atoms with van der Waals surface area (Å²) in [4.78, 5) is 1.46. The Labute approximate surface area is 261 Å². The molecule has 0 atom stereocenters. The van der Waals surface area contributed by atoms with Gasteiger partial charge in [-0.25, -0.2) is 0 Å². The molecule has 0 amide bonds. The van der Waals surface area contributed by atoms with Gasteiger partial charge < -0.3 is 0 Å². The monoisotopic (exact) mass is 612 g/mol. The van der Waals surface area contributed by atoms with Crippen LogP contribution in [-0.2, 0) is 10.1 Å². The van der Waals surface area contributed by atoms with Gasteiger partial charge in [-0.2, -0.15) is 8.42 Å². The molecule has 0 unspecified atom stereocenters. The van der Waals surface area contributed by atoms with E-state index in [9.17, 15) is 13.0 Å². The molecule has 0 aromatic heterocycles. The van der Waals surface area contributed by atoms with Crippen molar-refractivity contribution in [3.05, 3.63) is 46.6 Å². The van der Waals surface area contributed by atoms with E-state index in [0.717, 1.165) is 80.6 Å². The van der Waals surface area contributed by atoms with Gasteiger partial charge in [-0.3, -0.25) is 4.55 Å². The minimum Gasteiger partial charge on any atom is -0.282 e. The Morgan fingerprint density at radius 1 is 0.738 bits per heavy atom. The summed E-state index contributed by atoms with van der Waals surface area (Å²) >= 11 is 1.88. The lowest BCUT2D eigenvalue weighted by Gasteiger charge is -2.29. The van der Waals surface area contributed by atoms with Crippen LogP contribution in [-0.4, -0.2) is 18.7 Å². The van der Waals surface area contributed by atoms with Gasteiger partial charge in [-0.05, 0) is 110 Å². The van der Waals surface area contributed by atoms with E-state index < -0.39 is 10.1 Å². The van der Waals surface area contributed by atoms with E-state index in [1.54, 1.807) is 11.1 Å². The maximum atomic E-state index is 12.9. The van der Waals surface area contributed by atoms with Gasteiger partial charge in [0.1, 0.15) is 4.90 Å². The minimum atomic E-state index is -4.28. The van der Waals surface area contributed by atoms with Crippen LogP contribution in [0.15, 0.2) is 45.2 Å². The van der Waals surface area contributed by atoms with E-state index in [4.69, 9.17) is 0 Å². The number of thioether (sulfide) groups is 1. The highest BCUT2D eigenvalue weighted by molar-refractivity contribution is 7.99. The van der Waals surface area contributed by atoms with Gasteiger partial charge in [0.15, 0.2) is 0 Å². The van der Waals surface area contributed by atoms with Crippen molar-refractivity contribution < 1.29 is 13.0 Å². The van der Waals surface area contributed by atoms with Crippen molar-refractivity contribution in [3.63, 3.8) is 0 Å². The zero-order valence-electron chi connectivity index (χ0n) is 26.3. The van der Waals surface area contributed by atoms with Crippen LogP contribution < -0.4 is 0 Å². The number of hydrogen-bond donors (Lipinski definition) is 1. The van der Waals surface area contributed by atoms with Crippen LogP contribution in [0.4, 0.5) is 0 Å². The molecule has 234 valence electrons. The number of benzene rings is 1. The lowest BCUT2D eigenvalue weighted by atomic mass is 9.79. The normalized spacial score (nSPS) is 23.4. The Morgan fingerprint density at radius 2 is 1.19 bits per heavy atom. The van der Waals surface area contributed by atoms with Crippen molar-refractivity contribution in [2.24, 2.45) is 11.8 Å². The topological polar surface area (TPSA) is 54.4 Å². The second-order valence-electron chi connectivity index (χ2n) is 13.8. The van der Waals surface area contributed by atoms with Crippen molar-refractivity contribution in [3.8, 4) is 0 Å². The van der Waals surface area contributed by atoms with Gasteiger partial charge in [-0.1, -0.05) is 102 Å². The molecule has 1 aromatic rings. The van der Waals surface area contributed by atoms with Crippen LogP contribution in [0.3, 0.4) is 0 Å². The summed E-state index contributed by atoms with van der Waals surface area (Å²) in [5, 5.41) is 0. The van der Waals surface area contributed by atoms with Gasteiger partial charge in [-0.15, -0.1) is 11.8 Å². The molecule has 5 heteroatoms. The maximum absolute atomic E-state index is 12.9. The molecule has 4 aliphatic carbocycles. The lowest BCUT2D eigenvalue weighted by molar-refractivity contribution is 0.391. The van der Waals surface area contributed by atoms with Gasteiger partial charge in [0.2, 0.25) is 0 Å². The van der Waals surface area contributed by atoms with Crippen LogP contribution >= 0.6 is 11.8 Å². The average molecular weight is 613 g/mol. The first-order valence-electron chi connectivity index (χ1n) is 17.6. The van der Waals surface area contributed by atoms with E-state index in [0.29, 0.717) is 5.92 Å². The Morgan fingerprint density at radius 3 is 1.64 bits per heavy atom. The number of allylic oxidation sites excluding steroid dienone is 3. The van der Waals surface area contributed by atoms with E-state index in [1.807, 2.05) is 11.8 Å². The first-order chi connectivity index (χ1) is 20.4. The second kappa shape index (κ2) is 15.8. The van der Waals surface area contributed by atoms with Gasteiger partial charge in [0.05, 0.1) is 0 Å². The molecule has 0 heterocycles. The SMILES string of the molecule is CC/C(=C\C(=C/CSc1cc(C2CCCCC2)c(S(=O)(=O)O)c(C2CCCCC2)c1)C1CCCCC1)C1CCCCC1. The quantitative estimate of drug-likeness (QED) is 0.162. The van der Waals surface area contributed by atoms with Crippen LogP contribution in [0.2, 0.25) is 0 Å². The molecule has 0 bridgehead atoms. The Balaban J connectivity index is 1.46. The molecular weight excluding hydrogens is 557 g/mol. The minimum absolute atomic E-state index is 0.234. The molecule has 4 aliphatic rings. The van der Waals surface area contributed by atoms with Crippen LogP contribution in [0.1, 0.15) is 165 Å². The molecule has 1 aromatic carbocycles. The summed E-state index contributed by atoms with van der Waals surface area (Å²) < 4.78 is 36.4. The summed E-state index contributed by atoms with van der Waals surface area (Å²) in [6, 6.07) is 4.30. The van der Waals surface area contributed by atoms with Crippen molar-refractivity contribution in [1.82, 2.24) is 0 Å². The van der Waals surface area contributed by atoms with Crippen molar-refractivity contribution in [2.45, 2.75) is 163 Å². The third-order valence-electron chi connectivity index (χ3n) is 11.0. The molecule has 0 aliphatic heterocycles. The van der Waals surface area contributed by atoms with E-state index in [1.165, 1.54) is 81.9 Å². The Bertz CT molecular complexity index is 1130. The van der Waals surface area contributed by atoms with Crippen LogP contribution in [0, 0.1) is 11.8 Å². The predicted octanol–water partition coefficient (Wildman–Crippen LogP) is 11.5. The lowest BCUT2D eigenvalue weighted by Crippen LogP contribution is -2.16. The molecule has 0 radical (unpaired) electrons. The predicted molar refractivity (Wildman–Crippen MR) is 178 cm³/mol. The summed E-state index contributed by atoms with van der Waals surface area (Å²) in [6.07, 6.45) is 31.0. The first kappa shape index (κ1) is 32.4. The smallest absolute Gasteiger partial charge is 0.282 e. The van der Waals surface area contributed by atoms with Crippen molar-refractivity contribution in [2.75, 3.05) is 5.75 Å². The highest BCUT2D eigenvalue weighted by Crippen LogP contribution is 2.45. The standard InChI is InChI=1S/C37H56O3S2/c1-2-28(29-15-7-3-8-16-29)25-33(30-17-9-4-10-18-30)23-24-41-34-26-35(31-19-11-5-12-20-31)37(42(38,39)40)36(27-34)32-21-13-6-14-22-32/h23,25-27,29-32H,2-22,24H2,1H3,(H,38,39,40)/b28-25+,33-23+. The van der Waals surface area contributed by atoms with Crippen LogP contribution in [0.25, 0.3) is 0 Å². The van der Waals surface area contributed by atoms with E-state index >= 15 is 0 Å². The average Bonchev–Trinajstić information content (AvgIpc) is 3.03. The molecular formula is C37H56O3S2. The molecule has 0 spiro atoms. The van der Waals surface area contributed by atoms with Gasteiger partial charge >= 0.3 is 0 Å². The molecule has 4 saturated carbocycles. The second-order valence-corrected chi connectivity index (χ2v) is 16.3.